The fraction of sp³-hybridized carbons (Fsp3) is 0.500. The molecule has 0 aliphatic carbocycles. The Balaban J connectivity index is 2.63. The molecule has 0 amide bonds. The van der Waals surface area contributed by atoms with Crippen molar-refractivity contribution in [1.82, 2.24) is 4.98 Å². The van der Waals surface area contributed by atoms with Crippen LogP contribution < -0.4 is 5.73 Å². The van der Waals surface area contributed by atoms with E-state index in [4.69, 9.17) is 15.6 Å². The monoisotopic (exact) mass is 216 g/mol. The first-order valence-electron chi connectivity index (χ1n) is 4.06. The Morgan fingerprint density at radius 2 is 2.57 bits per heavy atom. The van der Waals surface area contributed by atoms with Gasteiger partial charge in [0.05, 0.1) is 17.3 Å². The summed E-state index contributed by atoms with van der Waals surface area (Å²) < 4.78 is 4.88. The number of carbonyl (C=O) groups is 1. The van der Waals surface area contributed by atoms with Gasteiger partial charge in [0.2, 0.25) is 0 Å². The number of aliphatic carboxylic acids is 1. The Kier molecular flexibility index (Phi) is 3.99. The molecule has 0 fully saturated rings. The highest BCUT2D eigenvalue weighted by atomic mass is 32.1. The van der Waals surface area contributed by atoms with E-state index in [1.165, 1.54) is 11.3 Å². The molecule has 1 aromatic rings. The van der Waals surface area contributed by atoms with Crippen LogP contribution in [0.4, 0.5) is 0 Å². The second-order valence-electron chi connectivity index (χ2n) is 2.72. The lowest BCUT2D eigenvalue weighted by atomic mass is 10.2. The number of nitrogens with zero attached hydrogens (tertiary/aromatic N) is 1. The summed E-state index contributed by atoms with van der Waals surface area (Å²) >= 11 is 1.40. The van der Waals surface area contributed by atoms with Crippen molar-refractivity contribution in [1.29, 1.82) is 0 Å². The summed E-state index contributed by atoms with van der Waals surface area (Å²) in [5, 5.41) is 11.2. The highest BCUT2D eigenvalue weighted by molar-refractivity contribution is 7.09. The van der Waals surface area contributed by atoms with Crippen LogP contribution >= 0.6 is 11.3 Å². The lowest BCUT2D eigenvalue weighted by molar-refractivity contribution is -0.138. The van der Waals surface area contributed by atoms with Gasteiger partial charge in [-0.2, -0.15) is 0 Å². The van der Waals surface area contributed by atoms with E-state index in [0.717, 1.165) is 5.01 Å². The summed E-state index contributed by atoms with van der Waals surface area (Å²) in [6, 6.07) is -1.03. The van der Waals surface area contributed by atoms with Crippen LogP contribution in [0.15, 0.2) is 5.38 Å². The first kappa shape index (κ1) is 11.1. The SMILES string of the molecule is COCCc1nc(C(N)C(=O)O)cs1. The maximum Gasteiger partial charge on any atom is 0.326 e. The third-order valence-electron chi connectivity index (χ3n) is 1.67. The number of methoxy groups -OCH3 is 1. The van der Waals surface area contributed by atoms with E-state index >= 15 is 0 Å². The minimum absolute atomic E-state index is 0.411. The van der Waals surface area contributed by atoms with Crippen LogP contribution in [-0.2, 0) is 16.0 Å². The maximum absolute atomic E-state index is 10.5. The van der Waals surface area contributed by atoms with Gasteiger partial charge in [0, 0.05) is 18.9 Å². The number of carboxylic acids is 1. The van der Waals surface area contributed by atoms with E-state index in [0.29, 0.717) is 18.7 Å². The van der Waals surface area contributed by atoms with Gasteiger partial charge in [-0.15, -0.1) is 11.3 Å². The van der Waals surface area contributed by atoms with E-state index < -0.39 is 12.0 Å². The second kappa shape index (κ2) is 5.04. The highest BCUT2D eigenvalue weighted by Gasteiger charge is 2.17. The molecule has 78 valence electrons. The van der Waals surface area contributed by atoms with Gasteiger partial charge < -0.3 is 15.6 Å². The zero-order valence-electron chi connectivity index (χ0n) is 7.77. The molecule has 5 nitrogen and oxygen atoms in total. The highest BCUT2D eigenvalue weighted by Crippen LogP contribution is 2.15. The predicted molar refractivity (Wildman–Crippen MR) is 52.3 cm³/mol. The van der Waals surface area contributed by atoms with Crippen molar-refractivity contribution in [3.63, 3.8) is 0 Å². The molecule has 0 saturated heterocycles. The van der Waals surface area contributed by atoms with Gasteiger partial charge in [0.15, 0.2) is 0 Å². The average molecular weight is 216 g/mol. The number of ether oxygens (including phenoxy) is 1. The molecule has 0 aromatic carbocycles. The molecule has 0 saturated carbocycles. The Labute approximate surface area is 85.5 Å². The summed E-state index contributed by atoms with van der Waals surface area (Å²) in [6.45, 7) is 0.579. The van der Waals surface area contributed by atoms with Crippen molar-refractivity contribution in [2.75, 3.05) is 13.7 Å². The Bertz CT molecular complexity index is 313. The van der Waals surface area contributed by atoms with Crippen molar-refractivity contribution in [2.45, 2.75) is 12.5 Å². The van der Waals surface area contributed by atoms with Crippen LogP contribution in [0.5, 0.6) is 0 Å². The summed E-state index contributed by atoms with van der Waals surface area (Å²) in [5.41, 5.74) is 5.80. The largest absolute Gasteiger partial charge is 0.480 e. The van der Waals surface area contributed by atoms with Crippen molar-refractivity contribution < 1.29 is 14.6 Å². The first-order valence-corrected chi connectivity index (χ1v) is 4.94. The number of carboxylic acid groups (broad SMARTS) is 1. The molecule has 0 aliphatic rings. The van der Waals surface area contributed by atoms with Crippen molar-refractivity contribution in [3.05, 3.63) is 16.1 Å². The normalized spacial score (nSPS) is 12.7. The molecule has 14 heavy (non-hydrogen) atoms. The van der Waals surface area contributed by atoms with Gasteiger partial charge in [0.25, 0.3) is 0 Å². The lowest BCUT2D eigenvalue weighted by Crippen LogP contribution is -2.20. The molecular weight excluding hydrogens is 204 g/mol. The lowest BCUT2D eigenvalue weighted by Gasteiger charge is -2.00. The quantitative estimate of drug-likeness (QED) is 0.744. The molecule has 6 heteroatoms. The fourth-order valence-electron chi connectivity index (χ4n) is 0.899. The molecule has 0 bridgehead atoms. The Morgan fingerprint density at radius 3 is 3.14 bits per heavy atom. The minimum atomic E-state index is -1.06. The molecule has 1 aromatic heterocycles. The smallest absolute Gasteiger partial charge is 0.326 e. The van der Waals surface area contributed by atoms with E-state index in [-0.39, 0.29) is 0 Å². The van der Waals surface area contributed by atoms with Gasteiger partial charge in [0.1, 0.15) is 6.04 Å². The molecule has 1 rings (SSSR count). The Morgan fingerprint density at radius 1 is 1.86 bits per heavy atom. The van der Waals surface area contributed by atoms with Gasteiger partial charge in [-0.1, -0.05) is 0 Å². The van der Waals surface area contributed by atoms with E-state index in [2.05, 4.69) is 4.98 Å². The molecule has 1 unspecified atom stereocenters. The fourth-order valence-corrected chi connectivity index (χ4v) is 1.71. The summed E-state index contributed by atoms with van der Waals surface area (Å²) in [6.07, 6.45) is 0.688. The van der Waals surface area contributed by atoms with Crippen LogP contribution in [-0.4, -0.2) is 29.8 Å². The van der Waals surface area contributed by atoms with Crippen molar-refractivity contribution in [3.8, 4) is 0 Å². The zero-order chi connectivity index (χ0) is 10.6. The summed E-state index contributed by atoms with van der Waals surface area (Å²) in [7, 11) is 1.61. The first-order chi connectivity index (χ1) is 6.65. The molecule has 1 heterocycles. The third kappa shape index (κ3) is 2.76. The third-order valence-corrected chi connectivity index (χ3v) is 2.60. The predicted octanol–water partition coefficient (Wildman–Crippen LogP) is 0.416. The van der Waals surface area contributed by atoms with Gasteiger partial charge >= 0.3 is 5.97 Å². The number of nitrogens with two attached hydrogens (primary N) is 1. The second-order valence-corrected chi connectivity index (χ2v) is 3.67. The van der Waals surface area contributed by atoms with Gasteiger partial charge in [-0.3, -0.25) is 4.79 Å². The zero-order valence-corrected chi connectivity index (χ0v) is 8.58. The number of aromatic nitrogens is 1. The Hall–Kier alpha value is -0.980. The van der Waals surface area contributed by atoms with Crippen LogP contribution in [0.3, 0.4) is 0 Å². The number of thiazole rings is 1. The van der Waals surface area contributed by atoms with Crippen LogP contribution in [0.1, 0.15) is 16.7 Å². The summed E-state index contributed by atoms with van der Waals surface area (Å²) in [5.74, 6) is -1.06. The van der Waals surface area contributed by atoms with Gasteiger partial charge in [-0.05, 0) is 0 Å². The molecule has 0 aliphatic heterocycles. The number of rotatable bonds is 5. The standard InChI is InChI=1S/C8H12N2O3S/c1-13-3-2-6-10-5(4-14-6)7(9)8(11)12/h4,7H,2-3,9H2,1H3,(H,11,12). The van der Waals surface area contributed by atoms with Gasteiger partial charge in [-0.25, -0.2) is 4.98 Å². The minimum Gasteiger partial charge on any atom is -0.480 e. The number of hydrogen-bond donors (Lipinski definition) is 2. The molecular formula is C8H12N2O3S. The molecule has 0 spiro atoms. The van der Waals surface area contributed by atoms with Crippen LogP contribution in [0.2, 0.25) is 0 Å². The average Bonchev–Trinajstić information content (AvgIpc) is 2.61. The van der Waals surface area contributed by atoms with Crippen molar-refractivity contribution >= 4 is 17.3 Å². The molecule has 3 N–H and O–H groups in total. The topological polar surface area (TPSA) is 85.4 Å². The maximum atomic E-state index is 10.5. The number of hydrogen-bond acceptors (Lipinski definition) is 5. The van der Waals surface area contributed by atoms with E-state index in [9.17, 15) is 4.79 Å². The van der Waals surface area contributed by atoms with Crippen molar-refractivity contribution in [2.24, 2.45) is 5.73 Å². The summed E-state index contributed by atoms with van der Waals surface area (Å²) in [4.78, 5) is 14.6. The van der Waals surface area contributed by atoms with Crippen LogP contribution in [0, 0.1) is 0 Å². The molecule has 0 radical (unpaired) electrons. The van der Waals surface area contributed by atoms with E-state index in [1.54, 1.807) is 12.5 Å². The van der Waals surface area contributed by atoms with Crippen LogP contribution in [0.25, 0.3) is 0 Å². The molecule has 1 atom stereocenters. The van der Waals surface area contributed by atoms with E-state index in [1.807, 2.05) is 0 Å².